The molecule has 0 saturated carbocycles. The minimum absolute atomic E-state index is 0.0298. The summed E-state index contributed by atoms with van der Waals surface area (Å²) in [7, 11) is 0. The van der Waals surface area contributed by atoms with Gasteiger partial charge in [0.15, 0.2) is 5.82 Å². The number of aryl methyl sites for hydroxylation is 1. The number of fused-ring (bicyclic) bond motifs is 1. The first-order valence-corrected chi connectivity index (χ1v) is 8.24. The minimum Gasteiger partial charge on any atom is -0.396 e. The average Bonchev–Trinajstić information content (AvgIpc) is 3.02. The zero-order valence-corrected chi connectivity index (χ0v) is 13.8. The van der Waals surface area contributed by atoms with Crippen molar-refractivity contribution in [1.29, 1.82) is 0 Å². The Morgan fingerprint density at radius 3 is 2.70 bits per heavy atom. The van der Waals surface area contributed by atoms with Gasteiger partial charge in [-0.1, -0.05) is 13.8 Å². The van der Waals surface area contributed by atoms with E-state index >= 15 is 0 Å². The third-order valence-corrected chi connectivity index (χ3v) is 4.39. The van der Waals surface area contributed by atoms with Crippen molar-refractivity contribution in [2.75, 3.05) is 18.5 Å². The molecule has 1 aliphatic carbocycles. The van der Waals surface area contributed by atoms with Crippen LogP contribution < -0.4 is 5.32 Å². The van der Waals surface area contributed by atoms with E-state index in [0.717, 1.165) is 55.1 Å². The summed E-state index contributed by atoms with van der Waals surface area (Å²) in [5.74, 6) is 1.71. The highest BCUT2D eigenvalue weighted by molar-refractivity contribution is 5.60. The number of hydrogen-bond donors (Lipinski definition) is 2. The summed E-state index contributed by atoms with van der Waals surface area (Å²) in [5, 5.41) is 12.7. The fourth-order valence-corrected chi connectivity index (χ4v) is 2.92. The summed E-state index contributed by atoms with van der Waals surface area (Å²) in [5.41, 5.74) is 3.44. The van der Waals surface area contributed by atoms with Gasteiger partial charge in [-0.3, -0.25) is 4.98 Å². The van der Waals surface area contributed by atoms with Crippen molar-refractivity contribution >= 4 is 5.82 Å². The van der Waals surface area contributed by atoms with Gasteiger partial charge >= 0.3 is 0 Å². The van der Waals surface area contributed by atoms with Gasteiger partial charge in [0.1, 0.15) is 5.82 Å². The Balaban J connectivity index is 1.89. The summed E-state index contributed by atoms with van der Waals surface area (Å²) in [4.78, 5) is 13.6. The molecule has 0 radical (unpaired) electrons. The van der Waals surface area contributed by atoms with E-state index in [-0.39, 0.29) is 12.0 Å². The van der Waals surface area contributed by atoms with Crippen LogP contribution in [0, 0.1) is 5.41 Å². The third kappa shape index (κ3) is 3.67. The molecule has 2 heterocycles. The molecule has 3 rings (SSSR count). The van der Waals surface area contributed by atoms with Crippen molar-refractivity contribution in [1.82, 2.24) is 15.0 Å². The van der Waals surface area contributed by atoms with Crippen LogP contribution >= 0.6 is 0 Å². The van der Waals surface area contributed by atoms with Gasteiger partial charge in [-0.15, -0.1) is 0 Å². The van der Waals surface area contributed by atoms with Gasteiger partial charge in [0.25, 0.3) is 0 Å². The summed E-state index contributed by atoms with van der Waals surface area (Å²) < 4.78 is 0. The van der Waals surface area contributed by atoms with Crippen LogP contribution in [-0.2, 0) is 12.8 Å². The first-order valence-electron chi connectivity index (χ1n) is 8.24. The Bertz CT molecular complexity index is 670. The second-order valence-corrected chi connectivity index (χ2v) is 6.90. The molecule has 0 amide bonds. The van der Waals surface area contributed by atoms with E-state index < -0.39 is 0 Å². The van der Waals surface area contributed by atoms with Gasteiger partial charge < -0.3 is 10.4 Å². The summed E-state index contributed by atoms with van der Waals surface area (Å²) in [6, 6.07) is 3.88. The van der Waals surface area contributed by atoms with E-state index in [0.29, 0.717) is 0 Å². The molecule has 0 spiro atoms. The molecule has 0 unspecified atom stereocenters. The molecule has 2 aromatic heterocycles. The average molecular weight is 312 g/mol. The fraction of sp³-hybridized carbons (Fsp3) is 0.500. The smallest absolute Gasteiger partial charge is 0.161 e. The summed E-state index contributed by atoms with van der Waals surface area (Å²) >= 11 is 0. The second-order valence-electron chi connectivity index (χ2n) is 6.90. The lowest BCUT2D eigenvalue weighted by Crippen LogP contribution is -2.25. The largest absolute Gasteiger partial charge is 0.396 e. The van der Waals surface area contributed by atoms with Crippen molar-refractivity contribution in [3.05, 3.63) is 35.8 Å². The quantitative estimate of drug-likeness (QED) is 0.858. The molecule has 2 aromatic rings. The van der Waals surface area contributed by atoms with Crippen molar-refractivity contribution in [2.24, 2.45) is 5.41 Å². The number of nitrogens with one attached hydrogen (secondary N) is 1. The first-order chi connectivity index (χ1) is 11.1. The van der Waals surface area contributed by atoms with Gasteiger partial charge in [0.2, 0.25) is 0 Å². The van der Waals surface area contributed by atoms with Crippen LogP contribution in [0.5, 0.6) is 0 Å². The van der Waals surface area contributed by atoms with Gasteiger partial charge in [-0.25, -0.2) is 9.97 Å². The molecule has 23 heavy (non-hydrogen) atoms. The second kappa shape index (κ2) is 6.62. The predicted molar refractivity (Wildman–Crippen MR) is 91.3 cm³/mol. The molecule has 5 heteroatoms. The van der Waals surface area contributed by atoms with Crippen LogP contribution in [0.15, 0.2) is 24.5 Å². The highest BCUT2D eigenvalue weighted by atomic mass is 16.3. The van der Waals surface area contributed by atoms with Crippen LogP contribution in [0.2, 0.25) is 0 Å². The number of aliphatic hydroxyl groups excluding tert-OH is 1. The monoisotopic (exact) mass is 312 g/mol. The molecule has 0 bridgehead atoms. The van der Waals surface area contributed by atoms with Gasteiger partial charge in [0.05, 0.1) is 0 Å². The zero-order valence-electron chi connectivity index (χ0n) is 13.8. The van der Waals surface area contributed by atoms with Gasteiger partial charge in [-0.2, -0.15) is 0 Å². The fourth-order valence-electron chi connectivity index (χ4n) is 2.92. The molecule has 0 aliphatic heterocycles. The highest BCUT2D eigenvalue weighted by Gasteiger charge is 2.22. The lowest BCUT2D eigenvalue weighted by atomic mass is 9.90. The van der Waals surface area contributed by atoms with E-state index in [2.05, 4.69) is 24.1 Å². The van der Waals surface area contributed by atoms with E-state index in [9.17, 15) is 5.11 Å². The Kier molecular flexibility index (Phi) is 4.57. The van der Waals surface area contributed by atoms with Crippen LogP contribution in [0.3, 0.4) is 0 Å². The molecule has 2 N–H and O–H groups in total. The molecule has 0 saturated heterocycles. The predicted octanol–water partition coefficient (Wildman–Crippen LogP) is 2.85. The highest BCUT2D eigenvalue weighted by Crippen LogP contribution is 2.30. The van der Waals surface area contributed by atoms with Crippen molar-refractivity contribution in [3.63, 3.8) is 0 Å². The Hall–Kier alpha value is -2.01. The first kappa shape index (κ1) is 15.9. The molecule has 5 nitrogen and oxygen atoms in total. The Morgan fingerprint density at radius 1 is 1.17 bits per heavy atom. The van der Waals surface area contributed by atoms with E-state index in [4.69, 9.17) is 9.97 Å². The summed E-state index contributed by atoms with van der Waals surface area (Å²) in [6.07, 6.45) is 7.50. The third-order valence-electron chi connectivity index (χ3n) is 4.39. The number of nitrogens with zero attached hydrogens (tertiary/aromatic N) is 3. The zero-order chi connectivity index (χ0) is 16.3. The van der Waals surface area contributed by atoms with E-state index in [1.165, 1.54) is 5.56 Å². The molecule has 0 atom stereocenters. The number of rotatable bonds is 6. The number of pyridine rings is 1. The summed E-state index contributed by atoms with van der Waals surface area (Å²) in [6.45, 7) is 5.30. The maximum Gasteiger partial charge on any atom is 0.161 e. The van der Waals surface area contributed by atoms with Crippen molar-refractivity contribution in [2.45, 2.75) is 39.5 Å². The molecule has 0 fully saturated rings. The molecular formula is C18H24N4O. The van der Waals surface area contributed by atoms with E-state index in [1.54, 1.807) is 12.4 Å². The molecule has 0 aromatic carbocycles. The van der Waals surface area contributed by atoms with Crippen molar-refractivity contribution in [3.8, 4) is 11.4 Å². The number of hydrogen-bond acceptors (Lipinski definition) is 5. The number of aliphatic hydroxyl groups is 1. The molecule has 122 valence electrons. The molecular weight excluding hydrogens is 288 g/mol. The Morgan fingerprint density at radius 2 is 1.96 bits per heavy atom. The van der Waals surface area contributed by atoms with E-state index in [1.807, 2.05) is 12.1 Å². The number of aromatic nitrogens is 3. The van der Waals surface area contributed by atoms with Crippen LogP contribution in [0.25, 0.3) is 11.4 Å². The standard InChI is InChI=1S/C18H24N4O/c1-18(2,8-11-23)12-20-17-14-4-3-5-15(14)21-16(22-17)13-6-9-19-10-7-13/h6-7,9-10,23H,3-5,8,11-12H2,1-2H3,(H,20,21,22). The minimum atomic E-state index is 0.0298. The maximum atomic E-state index is 9.19. The van der Waals surface area contributed by atoms with Crippen LogP contribution in [0.1, 0.15) is 37.9 Å². The van der Waals surface area contributed by atoms with Gasteiger partial charge in [0, 0.05) is 42.4 Å². The normalized spacial score (nSPS) is 13.9. The molecule has 1 aliphatic rings. The van der Waals surface area contributed by atoms with Crippen LogP contribution in [0.4, 0.5) is 5.82 Å². The topological polar surface area (TPSA) is 70.9 Å². The SMILES string of the molecule is CC(C)(CCO)CNc1nc(-c2ccncc2)nc2c1CCC2. The number of anilines is 1. The maximum absolute atomic E-state index is 9.19. The van der Waals surface area contributed by atoms with Gasteiger partial charge in [-0.05, 0) is 43.2 Å². The lowest BCUT2D eigenvalue weighted by molar-refractivity contribution is 0.220. The Labute approximate surface area is 137 Å². The lowest BCUT2D eigenvalue weighted by Gasteiger charge is -2.25. The van der Waals surface area contributed by atoms with Crippen molar-refractivity contribution < 1.29 is 5.11 Å². The van der Waals surface area contributed by atoms with Crippen LogP contribution in [-0.4, -0.2) is 33.2 Å².